The van der Waals surface area contributed by atoms with Crippen LogP contribution in [-0.2, 0) is 16.6 Å². The van der Waals surface area contributed by atoms with Crippen LogP contribution in [0, 0.1) is 0 Å². The first-order valence-electron chi connectivity index (χ1n) is 4.69. The van der Waals surface area contributed by atoms with E-state index in [-0.39, 0.29) is 0 Å². The minimum Gasteiger partial charge on any atom is -0.457 e. The van der Waals surface area contributed by atoms with Crippen LogP contribution in [0.1, 0.15) is 20.8 Å². The number of carbonyl (C=O) groups excluding carboxylic acids is 1. The van der Waals surface area contributed by atoms with Crippen molar-refractivity contribution in [2.24, 2.45) is 7.05 Å². The maximum absolute atomic E-state index is 11.3. The average molecular weight is 226 g/mol. The second-order valence-electron chi connectivity index (χ2n) is 4.18. The Morgan fingerprint density at radius 2 is 2.00 bits per heavy atom. The van der Waals surface area contributed by atoms with Crippen LogP contribution in [0.25, 0.3) is 6.20 Å². The topological polar surface area (TPSA) is 79.0 Å². The molecule has 0 saturated carbocycles. The molecule has 0 atom stereocenters. The molecule has 0 aliphatic heterocycles. The highest BCUT2D eigenvalue weighted by Gasteiger charge is 2.14. The predicted molar refractivity (Wildman–Crippen MR) is 56.4 cm³/mol. The van der Waals surface area contributed by atoms with Gasteiger partial charge in [-0.3, -0.25) is 0 Å². The molecule has 88 valence electrons. The van der Waals surface area contributed by atoms with E-state index >= 15 is 0 Å². The lowest BCUT2D eigenvalue weighted by Crippen LogP contribution is -2.23. The van der Waals surface area contributed by atoms with Crippen molar-refractivity contribution in [1.82, 2.24) is 19.8 Å². The number of tetrazole rings is 1. The first kappa shape index (κ1) is 12.2. The van der Waals surface area contributed by atoms with Crippen LogP contribution >= 0.6 is 0 Å². The molecule has 0 saturated heterocycles. The number of esters is 1. The lowest BCUT2D eigenvalue weighted by atomic mass is 10.2. The molecule has 1 rings (SSSR count). The van der Waals surface area contributed by atoms with Gasteiger partial charge < -0.3 is 4.74 Å². The quantitative estimate of drug-likeness (QED) is 0.515. The number of rotatable bonds is 2. The summed E-state index contributed by atoms with van der Waals surface area (Å²) in [6, 6.07) is 0. The Hall–Kier alpha value is -1.92. The molecule has 1 aromatic heterocycles. The maximum Gasteiger partial charge on any atom is 0.367 e. The highest BCUT2D eigenvalue weighted by Crippen LogP contribution is 2.06. The Kier molecular flexibility index (Phi) is 3.26. The van der Waals surface area contributed by atoms with Gasteiger partial charge in [0.25, 0.3) is 0 Å². The molecular weight excluding hydrogens is 212 g/mol. The molecule has 7 nitrogen and oxygen atoms in total. The lowest BCUT2D eigenvalue weighted by molar-refractivity contribution is -0.148. The number of aryl methyl sites for hydroxylation is 1. The fourth-order valence-corrected chi connectivity index (χ4v) is 0.889. The van der Waals surface area contributed by atoms with E-state index in [0.29, 0.717) is 0 Å². The van der Waals surface area contributed by atoms with E-state index in [0.717, 1.165) is 15.4 Å². The Morgan fingerprint density at radius 1 is 1.38 bits per heavy atom. The van der Waals surface area contributed by atoms with Crippen molar-refractivity contribution >= 4 is 12.2 Å². The third-order valence-electron chi connectivity index (χ3n) is 1.50. The van der Waals surface area contributed by atoms with Gasteiger partial charge in [-0.05, 0) is 31.2 Å². The van der Waals surface area contributed by atoms with Crippen molar-refractivity contribution in [2.75, 3.05) is 0 Å². The molecule has 0 aliphatic carbocycles. The molecule has 1 aromatic rings. The normalized spacial score (nSPS) is 12.0. The zero-order chi connectivity index (χ0) is 12.3. The molecule has 0 amide bonds. The van der Waals surface area contributed by atoms with E-state index in [2.05, 4.69) is 10.4 Å². The van der Waals surface area contributed by atoms with Gasteiger partial charge in [0.2, 0.25) is 0 Å². The molecule has 7 heteroatoms. The minimum absolute atomic E-state index is 0.431. The summed E-state index contributed by atoms with van der Waals surface area (Å²) in [6.07, 6.45) is 2.34. The summed E-state index contributed by atoms with van der Waals surface area (Å²) in [6.45, 7) is 5.27. The molecule has 1 heterocycles. The van der Waals surface area contributed by atoms with Gasteiger partial charge in [0, 0.05) is 19.3 Å². The van der Waals surface area contributed by atoms with Crippen molar-refractivity contribution in [2.45, 2.75) is 26.4 Å². The number of carbonyl (C=O) groups is 1. The summed E-state index contributed by atoms with van der Waals surface area (Å²) in [5.74, 6) is -0.537. The van der Waals surface area contributed by atoms with Gasteiger partial charge in [-0.1, -0.05) is 0 Å². The highest BCUT2D eigenvalue weighted by molar-refractivity contribution is 5.85. The zero-order valence-electron chi connectivity index (χ0n) is 9.67. The maximum atomic E-state index is 11.3. The van der Waals surface area contributed by atoms with Crippen LogP contribution in [0.5, 0.6) is 0 Å². The van der Waals surface area contributed by atoms with Gasteiger partial charge in [0.05, 0.1) is 0 Å². The summed E-state index contributed by atoms with van der Waals surface area (Å²) >= 11 is 0. The van der Waals surface area contributed by atoms with Crippen molar-refractivity contribution < 1.29 is 9.53 Å². The SMILES string of the molecule is Cn1nnn(/C=C/C(=O)OC(C)(C)C)c1=O. The molecule has 0 N–H and O–H groups in total. The zero-order valence-corrected chi connectivity index (χ0v) is 9.67. The van der Waals surface area contributed by atoms with E-state index in [9.17, 15) is 9.59 Å². The van der Waals surface area contributed by atoms with E-state index < -0.39 is 17.3 Å². The molecule has 0 aliphatic rings. The van der Waals surface area contributed by atoms with E-state index in [1.807, 2.05) is 0 Å². The van der Waals surface area contributed by atoms with E-state index in [1.165, 1.54) is 13.2 Å². The third kappa shape index (κ3) is 3.34. The summed E-state index contributed by atoms with van der Waals surface area (Å²) in [5.41, 5.74) is -0.991. The molecule has 0 aromatic carbocycles. The standard InChI is InChI=1S/C9H14N4O3/c1-9(2,3)16-7(14)5-6-13-8(15)12(4)10-11-13/h5-6H,1-4H3/b6-5+. The van der Waals surface area contributed by atoms with Crippen molar-refractivity contribution in [3.05, 3.63) is 16.6 Å². The van der Waals surface area contributed by atoms with E-state index in [1.54, 1.807) is 20.8 Å². The van der Waals surface area contributed by atoms with Gasteiger partial charge in [0.15, 0.2) is 0 Å². The monoisotopic (exact) mass is 226 g/mol. The third-order valence-corrected chi connectivity index (χ3v) is 1.50. The minimum atomic E-state index is -0.561. The number of ether oxygens (including phenoxy) is 1. The predicted octanol–water partition coefficient (Wildman–Crippen LogP) is -0.211. The van der Waals surface area contributed by atoms with Crippen molar-refractivity contribution in [3.8, 4) is 0 Å². The number of aromatic nitrogens is 4. The summed E-state index contributed by atoms with van der Waals surface area (Å²) in [5, 5.41) is 6.99. The fraction of sp³-hybridized carbons (Fsp3) is 0.556. The average Bonchev–Trinajstić information content (AvgIpc) is 2.42. The van der Waals surface area contributed by atoms with Crippen LogP contribution in [0.3, 0.4) is 0 Å². The molecule has 0 unspecified atom stereocenters. The Bertz CT molecular complexity index is 464. The van der Waals surface area contributed by atoms with Gasteiger partial charge in [-0.15, -0.1) is 0 Å². The first-order valence-corrected chi connectivity index (χ1v) is 4.69. The first-order chi connectivity index (χ1) is 7.29. The van der Waals surface area contributed by atoms with Gasteiger partial charge >= 0.3 is 11.7 Å². The number of hydrogen-bond acceptors (Lipinski definition) is 5. The summed E-state index contributed by atoms with van der Waals surface area (Å²) in [7, 11) is 1.47. The summed E-state index contributed by atoms with van der Waals surface area (Å²) in [4.78, 5) is 22.5. The molecular formula is C9H14N4O3. The molecule has 0 fully saturated rings. The van der Waals surface area contributed by atoms with Gasteiger partial charge in [-0.2, -0.15) is 9.36 Å². The molecule has 16 heavy (non-hydrogen) atoms. The Labute approximate surface area is 92.3 Å². The van der Waals surface area contributed by atoms with Gasteiger partial charge in [0.1, 0.15) is 5.60 Å². The fourth-order valence-electron chi connectivity index (χ4n) is 0.889. The van der Waals surface area contributed by atoms with Crippen LogP contribution in [0.4, 0.5) is 0 Å². The van der Waals surface area contributed by atoms with Crippen LogP contribution in [-0.4, -0.2) is 31.4 Å². The van der Waals surface area contributed by atoms with Gasteiger partial charge in [-0.25, -0.2) is 9.59 Å². The summed E-state index contributed by atoms with van der Waals surface area (Å²) < 4.78 is 7.01. The lowest BCUT2D eigenvalue weighted by Gasteiger charge is -2.17. The highest BCUT2D eigenvalue weighted by atomic mass is 16.6. The second kappa shape index (κ2) is 4.30. The van der Waals surface area contributed by atoms with Crippen LogP contribution < -0.4 is 5.69 Å². The molecule has 0 spiro atoms. The number of hydrogen-bond donors (Lipinski definition) is 0. The largest absolute Gasteiger partial charge is 0.457 e. The Morgan fingerprint density at radius 3 is 2.44 bits per heavy atom. The van der Waals surface area contributed by atoms with Crippen LogP contribution in [0.15, 0.2) is 10.9 Å². The number of nitrogens with zero attached hydrogens (tertiary/aromatic N) is 4. The smallest absolute Gasteiger partial charge is 0.367 e. The van der Waals surface area contributed by atoms with Crippen molar-refractivity contribution in [3.63, 3.8) is 0 Å². The second-order valence-corrected chi connectivity index (χ2v) is 4.18. The van der Waals surface area contributed by atoms with Crippen LogP contribution in [0.2, 0.25) is 0 Å². The van der Waals surface area contributed by atoms with Crippen molar-refractivity contribution in [1.29, 1.82) is 0 Å². The van der Waals surface area contributed by atoms with E-state index in [4.69, 9.17) is 4.74 Å². The Balaban J connectivity index is 2.72. The molecule has 0 bridgehead atoms. The molecule has 0 radical (unpaired) electrons.